The molecule has 3 rings (SSSR count). The topological polar surface area (TPSA) is 143 Å². The number of aliphatic carboxylic acids is 1. The Bertz CT molecular complexity index is 1280. The second-order valence-corrected chi connectivity index (χ2v) is 10.7. The van der Waals surface area contributed by atoms with E-state index < -0.39 is 36.1 Å². The lowest BCUT2D eigenvalue weighted by Gasteiger charge is -2.21. The van der Waals surface area contributed by atoms with E-state index in [0.717, 1.165) is 16.7 Å². The van der Waals surface area contributed by atoms with E-state index in [4.69, 9.17) is 9.47 Å². The Balaban J connectivity index is 1.49. The van der Waals surface area contributed by atoms with Crippen molar-refractivity contribution in [3.63, 3.8) is 0 Å². The zero-order valence-corrected chi connectivity index (χ0v) is 24.6. The van der Waals surface area contributed by atoms with Crippen LogP contribution in [0, 0.1) is 0 Å². The van der Waals surface area contributed by atoms with Crippen LogP contribution in [-0.2, 0) is 38.0 Å². The highest BCUT2D eigenvalue weighted by Crippen LogP contribution is 2.14. The minimum atomic E-state index is -1.17. The molecule has 0 saturated carbocycles. The molecular weight excluding hydrogens is 570 g/mol. The fourth-order valence-corrected chi connectivity index (χ4v) is 4.94. The van der Waals surface area contributed by atoms with Crippen molar-refractivity contribution in [2.45, 2.75) is 50.3 Å². The van der Waals surface area contributed by atoms with E-state index in [0.29, 0.717) is 25.1 Å². The number of hydrogen-bond donors (Lipinski definition) is 4. The number of thioether (sulfide) groups is 1. The predicted octanol–water partition coefficient (Wildman–Crippen LogP) is 4.88. The predicted molar refractivity (Wildman–Crippen MR) is 164 cm³/mol. The van der Waals surface area contributed by atoms with Crippen LogP contribution in [0.5, 0.6) is 0 Å². The summed E-state index contributed by atoms with van der Waals surface area (Å²) in [5, 5.41) is 17.5. The Labute approximate surface area is 255 Å². The van der Waals surface area contributed by atoms with Crippen molar-refractivity contribution in [2.75, 3.05) is 12.3 Å². The lowest BCUT2D eigenvalue weighted by Crippen LogP contribution is -2.52. The molecule has 3 aromatic carbocycles. The Morgan fingerprint density at radius 3 is 1.77 bits per heavy atom. The van der Waals surface area contributed by atoms with Crippen molar-refractivity contribution in [1.29, 1.82) is 0 Å². The number of ether oxygens (including phenoxy) is 2. The molecule has 43 heavy (non-hydrogen) atoms. The van der Waals surface area contributed by atoms with Gasteiger partial charge in [-0.3, -0.25) is 4.79 Å². The molecule has 11 heteroatoms. The monoisotopic (exact) mass is 607 g/mol. The highest BCUT2D eigenvalue weighted by atomic mass is 32.2. The number of unbranched alkanes of at least 4 members (excludes halogenated alkanes) is 1. The first-order chi connectivity index (χ1) is 20.9. The minimum Gasteiger partial charge on any atom is -0.480 e. The normalized spacial score (nSPS) is 11.9. The molecule has 0 heterocycles. The summed E-state index contributed by atoms with van der Waals surface area (Å²) in [6, 6.07) is 25.8. The van der Waals surface area contributed by atoms with E-state index in [2.05, 4.69) is 16.0 Å². The molecule has 0 aliphatic rings. The standard InChI is InChI=1S/C32H37N3O7S/c36-29(34-28(30(37)38)23-43-22-26-16-8-3-9-17-26)27(35-32(40)42-21-25-14-6-2-7-15-25)18-10-11-19-33-31(39)41-20-24-12-4-1-5-13-24/h1-9,12-17,27-28H,10-11,18-23H2,(H,33,39)(H,34,36)(H,35,40)(H,37,38)/t27-,28-/m0/s1. The van der Waals surface area contributed by atoms with Gasteiger partial charge in [-0.15, -0.1) is 0 Å². The van der Waals surface area contributed by atoms with Crippen LogP contribution in [0.25, 0.3) is 0 Å². The second-order valence-electron chi connectivity index (χ2n) is 9.64. The SMILES string of the molecule is O=C(NCCCC[C@H](NC(=O)OCc1ccccc1)C(=O)N[C@@H](CSCc1ccccc1)C(=O)O)OCc1ccccc1. The van der Waals surface area contributed by atoms with Gasteiger partial charge in [0.25, 0.3) is 0 Å². The number of benzene rings is 3. The molecule has 3 aromatic rings. The van der Waals surface area contributed by atoms with E-state index in [-0.39, 0.29) is 25.4 Å². The van der Waals surface area contributed by atoms with Crippen molar-refractivity contribution >= 4 is 35.8 Å². The van der Waals surface area contributed by atoms with E-state index in [9.17, 15) is 24.3 Å². The zero-order valence-electron chi connectivity index (χ0n) is 23.8. The van der Waals surface area contributed by atoms with E-state index in [1.165, 1.54) is 11.8 Å². The second kappa shape index (κ2) is 18.8. The van der Waals surface area contributed by atoms with Gasteiger partial charge in [0, 0.05) is 18.1 Å². The first kappa shape index (κ1) is 33.0. The van der Waals surface area contributed by atoms with Gasteiger partial charge in [-0.05, 0) is 36.0 Å². The van der Waals surface area contributed by atoms with Crippen molar-refractivity contribution in [2.24, 2.45) is 0 Å². The Hall–Kier alpha value is -4.51. The molecule has 10 nitrogen and oxygen atoms in total. The van der Waals surface area contributed by atoms with Crippen molar-refractivity contribution in [3.8, 4) is 0 Å². The molecule has 0 unspecified atom stereocenters. The summed E-state index contributed by atoms with van der Waals surface area (Å²) < 4.78 is 10.5. The number of carbonyl (C=O) groups is 4. The first-order valence-corrected chi connectivity index (χ1v) is 15.1. The van der Waals surface area contributed by atoms with Crippen LogP contribution in [-0.4, -0.2) is 53.6 Å². The van der Waals surface area contributed by atoms with Crippen LogP contribution < -0.4 is 16.0 Å². The first-order valence-electron chi connectivity index (χ1n) is 14.0. The molecular formula is C32H37N3O7S. The van der Waals surface area contributed by atoms with Gasteiger partial charge >= 0.3 is 18.2 Å². The van der Waals surface area contributed by atoms with Crippen molar-refractivity contribution in [3.05, 3.63) is 108 Å². The average Bonchev–Trinajstić information content (AvgIpc) is 3.03. The highest BCUT2D eigenvalue weighted by Gasteiger charge is 2.27. The molecule has 0 aromatic heterocycles. The van der Waals surface area contributed by atoms with Gasteiger partial charge in [0.05, 0.1) is 0 Å². The molecule has 0 aliphatic carbocycles. The maximum atomic E-state index is 13.1. The number of carboxylic acids is 1. The summed E-state index contributed by atoms with van der Waals surface area (Å²) in [4.78, 5) is 49.6. The summed E-state index contributed by atoms with van der Waals surface area (Å²) in [6.07, 6.45) is -0.192. The third kappa shape index (κ3) is 13.3. The zero-order chi connectivity index (χ0) is 30.7. The Kier molecular flexibility index (Phi) is 14.4. The third-order valence-electron chi connectivity index (χ3n) is 6.23. The molecule has 228 valence electrons. The molecule has 0 fully saturated rings. The maximum Gasteiger partial charge on any atom is 0.408 e. The van der Waals surface area contributed by atoms with Gasteiger partial charge in [-0.1, -0.05) is 91.0 Å². The van der Waals surface area contributed by atoms with Crippen LogP contribution in [0.4, 0.5) is 9.59 Å². The van der Waals surface area contributed by atoms with E-state index in [1.54, 1.807) is 12.1 Å². The van der Waals surface area contributed by atoms with Crippen molar-refractivity contribution < 1.29 is 33.8 Å². The van der Waals surface area contributed by atoms with Gasteiger partial charge in [0.15, 0.2) is 0 Å². The third-order valence-corrected chi connectivity index (χ3v) is 7.34. The van der Waals surface area contributed by atoms with Gasteiger partial charge in [0.1, 0.15) is 25.3 Å². The summed E-state index contributed by atoms with van der Waals surface area (Å²) in [5.74, 6) is -1.05. The molecule has 0 saturated heterocycles. The van der Waals surface area contributed by atoms with Crippen molar-refractivity contribution in [1.82, 2.24) is 16.0 Å². The van der Waals surface area contributed by atoms with Crippen LogP contribution >= 0.6 is 11.8 Å². The lowest BCUT2D eigenvalue weighted by atomic mass is 10.1. The fraction of sp³-hybridized carbons (Fsp3) is 0.312. The summed E-state index contributed by atoms with van der Waals surface area (Å²) in [5.41, 5.74) is 2.70. The molecule has 0 spiro atoms. The lowest BCUT2D eigenvalue weighted by molar-refractivity contribution is -0.141. The number of amides is 3. The number of alkyl carbamates (subject to hydrolysis) is 2. The van der Waals surface area contributed by atoms with Crippen LogP contribution in [0.3, 0.4) is 0 Å². The summed E-state index contributed by atoms with van der Waals surface area (Å²) in [6.45, 7) is 0.469. The van der Waals surface area contributed by atoms with Gasteiger partial charge in [-0.2, -0.15) is 11.8 Å². The molecule has 4 N–H and O–H groups in total. The molecule has 3 amide bonds. The average molecular weight is 608 g/mol. The van der Waals surface area contributed by atoms with Gasteiger partial charge in [0.2, 0.25) is 5.91 Å². The van der Waals surface area contributed by atoms with Crippen LogP contribution in [0.1, 0.15) is 36.0 Å². The number of carbonyl (C=O) groups excluding carboxylic acids is 3. The maximum absolute atomic E-state index is 13.1. The molecule has 0 aliphatic heterocycles. The molecule has 0 bridgehead atoms. The number of hydrogen-bond acceptors (Lipinski definition) is 7. The summed E-state index contributed by atoms with van der Waals surface area (Å²) in [7, 11) is 0. The Morgan fingerprint density at radius 2 is 1.21 bits per heavy atom. The van der Waals surface area contributed by atoms with Crippen LogP contribution in [0.2, 0.25) is 0 Å². The number of rotatable bonds is 17. The number of nitrogens with one attached hydrogen (secondary N) is 3. The Morgan fingerprint density at radius 1 is 0.674 bits per heavy atom. The van der Waals surface area contributed by atoms with E-state index >= 15 is 0 Å². The molecule has 2 atom stereocenters. The highest BCUT2D eigenvalue weighted by molar-refractivity contribution is 7.98. The quantitative estimate of drug-likeness (QED) is 0.159. The molecule has 0 radical (unpaired) electrons. The largest absolute Gasteiger partial charge is 0.480 e. The van der Waals surface area contributed by atoms with E-state index in [1.807, 2.05) is 78.9 Å². The van der Waals surface area contributed by atoms with Crippen LogP contribution in [0.15, 0.2) is 91.0 Å². The van der Waals surface area contributed by atoms with Gasteiger partial charge < -0.3 is 30.5 Å². The fourth-order valence-electron chi connectivity index (χ4n) is 3.93. The smallest absolute Gasteiger partial charge is 0.408 e. The van der Waals surface area contributed by atoms with Gasteiger partial charge in [-0.25, -0.2) is 14.4 Å². The summed E-state index contributed by atoms with van der Waals surface area (Å²) >= 11 is 1.39. The number of carboxylic acid groups (broad SMARTS) is 1. The minimum absolute atomic E-state index is 0.0178.